The highest BCUT2D eigenvalue weighted by atomic mass is 16.4. The Labute approximate surface area is 162 Å². The van der Waals surface area contributed by atoms with Gasteiger partial charge < -0.3 is 25.2 Å². The average molecular weight is 378 g/mol. The van der Waals surface area contributed by atoms with E-state index in [4.69, 9.17) is 10.8 Å². The zero-order valence-corrected chi connectivity index (χ0v) is 17.0. The van der Waals surface area contributed by atoms with Crippen LogP contribution >= 0.6 is 0 Å². The lowest BCUT2D eigenvalue weighted by Crippen LogP contribution is -2.35. The number of aliphatic carboxylic acids is 1. The summed E-state index contributed by atoms with van der Waals surface area (Å²) >= 11 is 0. The van der Waals surface area contributed by atoms with Gasteiger partial charge in [-0.1, -0.05) is 19.9 Å². The lowest BCUT2D eigenvalue weighted by molar-refractivity contribution is -0.870. The third-order valence-electron chi connectivity index (χ3n) is 3.24. The molecular formula is C20H33N4O3+. The third kappa shape index (κ3) is 12.2. The van der Waals surface area contributed by atoms with E-state index in [0.29, 0.717) is 5.69 Å². The number of anilines is 1. The number of benzene rings is 1. The number of carboxylic acid groups (broad SMARTS) is 1. The van der Waals surface area contributed by atoms with Crippen molar-refractivity contribution in [3.8, 4) is 5.69 Å². The fraction of sp³-hybridized carbons (Fsp3) is 0.400. The van der Waals surface area contributed by atoms with Crippen LogP contribution in [0.25, 0.3) is 5.69 Å². The summed E-state index contributed by atoms with van der Waals surface area (Å²) in [5.41, 5.74) is 6.70. The molecule has 27 heavy (non-hydrogen) atoms. The van der Waals surface area contributed by atoms with Crippen LogP contribution in [0, 0.1) is 0 Å². The largest absolute Gasteiger partial charge is 0.481 e. The fourth-order valence-electron chi connectivity index (χ4n) is 2.10. The maximum absolute atomic E-state index is 10.7. The molecule has 0 spiro atoms. The van der Waals surface area contributed by atoms with Crippen LogP contribution in [0.5, 0.6) is 0 Å². The first kappa shape index (κ1) is 24.2. The summed E-state index contributed by atoms with van der Waals surface area (Å²) < 4.78 is 2.79. The van der Waals surface area contributed by atoms with Crippen molar-refractivity contribution in [2.75, 3.05) is 33.0 Å². The van der Waals surface area contributed by atoms with Crippen molar-refractivity contribution in [1.82, 2.24) is 4.57 Å². The minimum Gasteiger partial charge on any atom is -0.481 e. The van der Waals surface area contributed by atoms with E-state index >= 15 is 0 Å². The van der Waals surface area contributed by atoms with E-state index in [1.807, 2.05) is 61.1 Å². The van der Waals surface area contributed by atoms with Gasteiger partial charge >= 0.3 is 12.0 Å². The Kier molecular flexibility index (Phi) is 11.2. The minimum absolute atomic E-state index is 0.287. The molecule has 0 bridgehead atoms. The second kappa shape index (κ2) is 12.5. The van der Waals surface area contributed by atoms with Crippen LogP contribution in [0.2, 0.25) is 0 Å². The van der Waals surface area contributed by atoms with Gasteiger partial charge in [0.05, 0.1) is 34.1 Å². The molecule has 150 valence electrons. The molecule has 0 aliphatic carbocycles. The standard InChI is InChI=1S/C11H11N3O.C7H15NO2.C2H6/c12-11(15)13-9-4-3-5-10(8-9)14-6-1-2-7-14;1-8(2,3)6-4-5-7(9)10;1-2/h1-8H,(H3,12,13,15);4-6H2,1-3H3;1-2H3/p+1. The molecule has 7 heteroatoms. The molecular weight excluding hydrogens is 344 g/mol. The topological polar surface area (TPSA) is 97.3 Å². The van der Waals surface area contributed by atoms with E-state index in [-0.39, 0.29) is 6.42 Å². The van der Waals surface area contributed by atoms with Crippen molar-refractivity contribution in [2.45, 2.75) is 26.7 Å². The van der Waals surface area contributed by atoms with Crippen molar-refractivity contribution in [3.05, 3.63) is 48.8 Å². The number of primary amides is 1. The molecule has 2 rings (SSSR count). The Bertz CT molecular complexity index is 677. The molecule has 0 aliphatic rings. The van der Waals surface area contributed by atoms with Gasteiger partial charge in [0.25, 0.3) is 0 Å². The zero-order valence-electron chi connectivity index (χ0n) is 17.0. The number of quaternary nitrogens is 1. The van der Waals surface area contributed by atoms with E-state index in [9.17, 15) is 9.59 Å². The predicted molar refractivity (Wildman–Crippen MR) is 110 cm³/mol. The van der Waals surface area contributed by atoms with Crippen molar-refractivity contribution in [2.24, 2.45) is 5.73 Å². The summed E-state index contributed by atoms with van der Waals surface area (Å²) in [5, 5.41) is 10.8. The van der Waals surface area contributed by atoms with E-state index < -0.39 is 12.0 Å². The van der Waals surface area contributed by atoms with Gasteiger partial charge in [-0.25, -0.2) is 4.79 Å². The van der Waals surface area contributed by atoms with Crippen LogP contribution in [0.4, 0.5) is 10.5 Å². The van der Waals surface area contributed by atoms with Crippen molar-refractivity contribution in [1.29, 1.82) is 0 Å². The van der Waals surface area contributed by atoms with Gasteiger partial charge in [0.15, 0.2) is 0 Å². The van der Waals surface area contributed by atoms with Gasteiger partial charge in [-0.05, 0) is 30.3 Å². The molecule has 0 atom stereocenters. The van der Waals surface area contributed by atoms with Gasteiger partial charge in [0, 0.05) is 30.2 Å². The molecule has 0 saturated carbocycles. The maximum Gasteiger partial charge on any atom is 0.316 e. The molecule has 0 radical (unpaired) electrons. The average Bonchev–Trinajstić information content (AvgIpc) is 3.10. The summed E-state index contributed by atoms with van der Waals surface area (Å²) in [6.07, 6.45) is 4.92. The van der Waals surface area contributed by atoms with Crippen LogP contribution in [-0.2, 0) is 4.79 Å². The van der Waals surface area contributed by atoms with E-state index in [2.05, 4.69) is 26.5 Å². The summed E-state index contributed by atoms with van der Waals surface area (Å²) in [5.74, 6) is -0.701. The Morgan fingerprint density at radius 3 is 2.19 bits per heavy atom. The van der Waals surface area contributed by atoms with Gasteiger partial charge in [-0.15, -0.1) is 0 Å². The lowest BCUT2D eigenvalue weighted by atomic mass is 10.3. The maximum atomic E-state index is 10.7. The van der Waals surface area contributed by atoms with Gasteiger partial charge in [-0.2, -0.15) is 0 Å². The van der Waals surface area contributed by atoms with Crippen molar-refractivity contribution in [3.63, 3.8) is 0 Å². The van der Waals surface area contributed by atoms with Crippen LogP contribution in [0.15, 0.2) is 48.8 Å². The Morgan fingerprint density at radius 2 is 1.70 bits per heavy atom. The van der Waals surface area contributed by atoms with Gasteiger partial charge in [-0.3, -0.25) is 4.79 Å². The lowest BCUT2D eigenvalue weighted by Gasteiger charge is -2.23. The summed E-state index contributed by atoms with van der Waals surface area (Å²) in [6.45, 7) is 4.92. The molecule has 1 heterocycles. The first-order valence-corrected chi connectivity index (χ1v) is 8.99. The number of nitrogens with zero attached hydrogens (tertiary/aromatic N) is 2. The van der Waals surface area contributed by atoms with E-state index in [1.165, 1.54) is 0 Å². The molecule has 0 fully saturated rings. The molecule has 1 aromatic heterocycles. The van der Waals surface area contributed by atoms with Crippen LogP contribution < -0.4 is 11.1 Å². The van der Waals surface area contributed by atoms with Crippen LogP contribution in [0.1, 0.15) is 26.7 Å². The minimum atomic E-state index is -0.701. The van der Waals surface area contributed by atoms with Crippen molar-refractivity contribution >= 4 is 17.7 Å². The first-order valence-electron chi connectivity index (χ1n) is 8.99. The second-order valence-electron chi connectivity index (χ2n) is 6.64. The predicted octanol–water partition coefficient (Wildman–Crippen LogP) is 3.55. The van der Waals surface area contributed by atoms with Gasteiger partial charge in [0.2, 0.25) is 0 Å². The van der Waals surface area contributed by atoms with Gasteiger partial charge in [0.1, 0.15) is 0 Å². The SMILES string of the molecule is CC.C[N+](C)(C)CCCC(=O)O.NC(=O)Nc1cccc(-n2cccc2)c1. The number of aromatic nitrogens is 1. The number of urea groups is 1. The summed E-state index contributed by atoms with van der Waals surface area (Å²) in [4.78, 5) is 20.7. The third-order valence-corrected chi connectivity index (χ3v) is 3.24. The summed E-state index contributed by atoms with van der Waals surface area (Å²) in [6, 6.07) is 10.8. The zero-order chi connectivity index (χ0) is 20.9. The summed E-state index contributed by atoms with van der Waals surface area (Å²) in [7, 11) is 6.17. The monoisotopic (exact) mass is 377 g/mol. The van der Waals surface area contributed by atoms with E-state index in [1.54, 1.807) is 6.07 Å². The normalized spacial score (nSPS) is 9.96. The number of carboxylic acids is 1. The molecule has 0 saturated heterocycles. The van der Waals surface area contributed by atoms with E-state index in [0.717, 1.165) is 23.1 Å². The molecule has 4 N–H and O–H groups in total. The molecule has 2 amide bonds. The number of rotatable bonds is 6. The van der Waals surface area contributed by atoms with Crippen LogP contribution in [-0.4, -0.2) is 53.8 Å². The highest BCUT2D eigenvalue weighted by Gasteiger charge is 2.07. The van der Waals surface area contributed by atoms with Crippen molar-refractivity contribution < 1.29 is 19.2 Å². The number of hydrogen-bond donors (Lipinski definition) is 3. The second-order valence-corrected chi connectivity index (χ2v) is 6.64. The molecule has 2 aromatic rings. The number of hydrogen-bond acceptors (Lipinski definition) is 2. The molecule has 0 aliphatic heterocycles. The fourth-order valence-corrected chi connectivity index (χ4v) is 2.10. The number of amides is 2. The molecule has 1 aromatic carbocycles. The quantitative estimate of drug-likeness (QED) is 0.672. The molecule has 0 unspecified atom stereocenters. The highest BCUT2D eigenvalue weighted by molar-refractivity contribution is 5.88. The first-order chi connectivity index (χ1) is 12.7. The molecule has 7 nitrogen and oxygen atoms in total. The Hall–Kier alpha value is -2.80. The van der Waals surface area contributed by atoms with Crippen LogP contribution in [0.3, 0.4) is 0 Å². The smallest absolute Gasteiger partial charge is 0.316 e. The number of carbonyl (C=O) groups is 2. The number of nitrogens with one attached hydrogen (secondary N) is 1. The number of carbonyl (C=O) groups excluding carboxylic acids is 1. The highest BCUT2D eigenvalue weighted by Crippen LogP contribution is 2.14. The Balaban J connectivity index is 0.000000495. The Morgan fingerprint density at radius 1 is 1.11 bits per heavy atom. The number of nitrogens with two attached hydrogens (primary N) is 1.